The molecule has 108 valence electrons. The van der Waals surface area contributed by atoms with E-state index in [1.165, 1.54) is 19.3 Å². The molecule has 0 amide bonds. The number of piperidine rings is 1. The molecule has 6 heteroatoms. The number of rotatable bonds is 3. The van der Waals surface area contributed by atoms with Gasteiger partial charge in [-0.05, 0) is 40.2 Å². The Morgan fingerprint density at radius 2 is 2.20 bits per heavy atom. The molecule has 0 saturated carbocycles. The number of nitrogens with zero attached hydrogens (tertiary/aromatic N) is 5. The van der Waals surface area contributed by atoms with Crippen molar-refractivity contribution < 1.29 is 0 Å². The Hall–Kier alpha value is -1.69. The van der Waals surface area contributed by atoms with E-state index in [0.717, 1.165) is 23.8 Å². The summed E-state index contributed by atoms with van der Waals surface area (Å²) in [7, 11) is 2.02. The minimum Gasteiger partial charge on any atom is -0.349 e. The van der Waals surface area contributed by atoms with Gasteiger partial charge in [0.15, 0.2) is 5.82 Å². The Labute approximate surface area is 119 Å². The number of hydrogen-bond donors (Lipinski definition) is 1. The van der Waals surface area contributed by atoms with Gasteiger partial charge in [0.25, 0.3) is 0 Å². The third-order valence-electron chi connectivity index (χ3n) is 4.33. The van der Waals surface area contributed by atoms with Crippen molar-refractivity contribution in [3.63, 3.8) is 0 Å². The molecule has 2 aromatic rings. The molecule has 0 radical (unpaired) electrons. The van der Waals surface area contributed by atoms with Gasteiger partial charge in [0.1, 0.15) is 5.82 Å². The minimum atomic E-state index is 0.432. The standard InChI is InChI=1S/C14H22N6/c1-10(15-3)12-6-4-5-8-20(12)13-14-18-17-11(2)19(14)9-7-16-13/h7,9-10,12,15H,4-6,8H2,1-3H3. The molecular formula is C14H22N6. The van der Waals surface area contributed by atoms with Crippen LogP contribution < -0.4 is 10.2 Å². The number of fused-ring (bicyclic) bond motifs is 1. The molecule has 0 bridgehead atoms. The number of hydrogen-bond acceptors (Lipinski definition) is 5. The smallest absolute Gasteiger partial charge is 0.203 e. The van der Waals surface area contributed by atoms with Crippen LogP contribution in [0.25, 0.3) is 5.65 Å². The average Bonchev–Trinajstić information content (AvgIpc) is 2.88. The lowest BCUT2D eigenvalue weighted by Crippen LogP contribution is -2.50. The van der Waals surface area contributed by atoms with Crippen LogP contribution in [0.3, 0.4) is 0 Å². The second-order valence-electron chi connectivity index (χ2n) is 5.53. The highest BCUT2D eigenvalue weighted by Gasteiger charge is 2.29. The summed E-state index contributed by atoms with van der Waals surface area (Å²) < 4.78 is 2.01. The van der Waals surface area contributed by atoms with E-state index in [1.807, 2.05) is 30.8 Å². The summed E-state index contributed by atoms with van der Waals surface area (Å²) in [6.45, 7) is 5.24. The van der Waals surface area contributed by atoms with E-state index in [0.29, 0.717) is 12.1 Å². The normalized spacial score (nSPS) is 21.4. The Balaban J connectivity index is 2.03. The zero-order chi connectivity index (χ0) is 14.1. The molecular weight excluding hydrogens is 252 g/mol. The third kappa shape index (κ3) is 2.14. The molecule has 1 aliphatic heterocycles. The van der Waals surface area contributed by atoms with Crippen LogP contribution >= 0.6 is 0 Å². The van der Waals surface area contributed by atoms with Crippen LogP contribution in [0.4, 0.5) is 5.82 Å². The van der Waals surface area contributed by atoms with Crippen molar-refractivity contribution in [2.75, 3.05) is 18.5 Å². The van der Waals surface area contributed by atoms with Crippen LogP contribution in [0.15, 0.2) is 12.4 Å². The molecule has 0 aliphatic carbocycles. The Kier molecular flexibility index (Phi) is 3.56. The van der Waals surface area contributed by atoms with E-state index in [4.69, 9.17) is 0 Å². The lowest BCUT2D eigenvalue weighted by molar-refractivity contribution is 0.380. The van der Waals surface area contributed by atoms with E-state index in [9.17, 15) is 0 Å². The molecule has 1 aliphatic rings. The second-order valence-corrected chi connectivity index (χ2v) is 5.53. The highest BCUT2D eigenvalue weighted by atomic mass is 15.3. The van der Waals surface area contributed by atoms with Gasteiger partial charge in [-0.3, -0.25) is 4.40 Å². The fourth-order valence-corrected chi connectivity index (χ4v) is 3.06. The first-order valence-electron chi connectivity index (χ1n) is 7.32. The molecule has 0 aromatic carbocycles. The first-order valence-corrected chi connectivity index (χ1v) is 7.32. The summed E-state index contributed by atoms with van der Waals surface area (Å²) in [6, 6.07) is 0.894. The van der Waals surface area contributed by atoms with Crippen LogP contribution in [0.5, 0.6) is 0 Å². The van der Waals surface area contributed by atoms with E-state index in [1.54, 1.807) is 0 Å². The van der Waals surface area contributed by atoms with Crippen LogP contribution in [-0.2, 0) is 0 Å². The zero-order valence-electron chi connectivity index (χ0n) is 12.4. The van der Waals surface area contributed by atoms with E-state index in [2.05, 4.69) is 32.3 Å². The molecule has 2 unspecified atom stereocenters. The number of nitrogens with one attached hydrogen (secondary N) is 1. The van der Waals surface area contributed by atoms with Crippen molar-refractivity contribution >= 4 is 11.5 Å². The predicted molar refractivity (Wildman–Crippen MR) is 79.0 cm³/mol. The maximum atomic E-state index is 4.59. The molecule has 0 spiro atoms. The van der Waals surface area contributed by atoms with E-state index in [-0.39, 0.29) is 0 Å². The second kappa shape index (κ2) is 5.36. The van der Waals surface area contributed by atoms with Gasteiger partial charge < -0.3 is 10.2 Å². The van der Waals surface area contributed by atoms with Gasteiger partial charge >= 0.3 is 0 Å². The molecule has 3 rings (SSSR count). The number of aromatic nitrogens is 4. The summed E-state index contributed by atoms with van der Waals surface area (Å²) in [4.78, 5) is 6.98. The molecule has 6 nitrogen and oxygen atoms in total. The largest absolute Gasteiger partial charge is 0.349 e. The average molecular weight is 274 g/mol. The quantitative estimate of drug-likeness (QED) is 0.917. The minimum absolute atomic E-state index is 0.432. The molecule has 1 N–H and O–H groups in total. The van der Waals surface area contributed by atoms with Crippen molar-refractivity contribution in [1.82, 2.24) is 24.9 Å². The first-order chi connectivity index (χ1) is 9.72. The lowest BCUT2D eigenvalue weighted by atomic mass is 9.96. The van der Waals surface area contributed by atoms with Crippen LogP contribution in [0.1, 0.15) is 32.0 Å². The van der Waals surface area contributed by atoms with Gasteiger partial charge in [-0.25, -0.2) is 4.98 Å². The Bertz CT molecular complexity index is 592. The van der Waals surface area contributed by atoms with Crippen molar-refractivity contribution in [3.8, 4) is 0 Å². The zero-order valence-corrected chi connectivity index (χ0v) is 12.4. The summed E-state index contributed by atoms with van der Waals surface area (Å²) in [5, 5.41) is 11.8. The van der Waals surface area contributed by atoms with Gasteiger partial charge in [-0.2, -0.15) is 0 Å². The maximum Gasteiger partial charge on any atom is 0.203 e. The highest BCUT2D eigenvalue weighted by Crippen LogP contribution is 2.27. The van der Waals surface area contributed by atoms with Gasteiger partial charge in [0, 0.05) is 31.0 Å². The molecule has 2 aromatic heterocycles. The number of aryl methyl sites for hydroxylation is 1. The molecule has 1 fully saturated rings. The van der Waals surface area contributed by atoms with Crippen molar-refractivity contribution in [3.05, 3.63) is 18.2 Å². The van der Waals surface area contributed by atoms with E-state index >= 15 is 0 Å². The predicted octanol–water partition coefficient (Wildman–Crippen LogP) is 1.40. The third-order valence-corrected chi connectivity index (χ3v) is 4.33. The summed E-state index contributed by atoms with van der Waals surface area (Å²) in [6.07, 6.45) is 7.45. The Morgan fingerprint density at radius 3 is 3.00 bits per heavy atom. The number of likely N-dealkylation sites (N-methyl/N-ethyl adjacent to an activating group) is 1. The summed E-state index contributed by atoms with van der Waals surface area (Å²) in [5.74, 6) is 1.86. The SMILES string of the molecule is CNC(C)C1CCCCN1c1nccn2c(C)nnc12. The number of anilines is 1. The van der Waals surface area contributed by atoms with Crippen molar-refractivity contribution in [2.24, 2.45) is 0 Å². The van der Waals surface area contributed by atoms with Crippen molar-refractivity contribution in [1.29, 1.82) is 0 Å². The van der Waals surface area contributed by atoms with Gasteiger partial charge in [-0.1, -0.05) is 0 Å². The lowest BCUT2D eigenvalue weighted by Gasteiger charge is -2.39. The molecule has 2 atom stereocenters. The molecule has 1 saturated heterocycles. The summed E-state index contributed by atoms with van der Waals surface area (Å²) in [5.41, 5.74) is 0.861. The van der Waals surface area contributed by atoms with Crippen molar-refractivity contribution in [2.45, 2.75) is 45.2 Å². The summed E-state index contributed by atoms with van der Waals surface area (Å²) >= 11 is 0. The Morgan fingerprint density at radius 1 is 1.35 bits per heavy atom. The topological polar surface area (TPSA) is 58.4 Å². The monoisotopic (exact) mass is 274 g/mol. The van der Waals surface area contributed by atoms with Gasteiger partial charge in [0.05, 0.1) is 0 Å². The first kappa shape index (κ1) is 13.3. The molecule has 3 heterocycles. The molecule has 20 heavy (non-hydrogen) atoms. The van der Waals surface area contributed by atoms with Gasteiger partial charge in [0.2, 0.25) is 5.65 Å². The van der Waals surface area contributed by atoms with Gasteiger partial charge in [-0.15, -0.1) is 10.2 Å². The van der Waals surface area contributed by atoms with Crippen LogP contribution in [0.2, 0.25) is 0 Å². The fourth-order valence-electron chi connectivity index (χ4n) is 3.06. The van der Waals surface area contributed by atoms with Crippen LogP contribution in [-0.4, -0.2) is 45.3 Å². The van der Waals surface area contributed by atoms with E-state index < -0.39 is 0 Å². The fraction of sp³-hybridized carbons (Fsp3) is 0.643. The highest BCUT2D eigenvalue weighted by molar-refractivity contribution is 5.64. The maximum absolute atomic E-state index is 4.59. The van der Waals surface area contributed by atoms with Crippen LogP contribution in [0, 0.1) is 6.92 Å².